The van der Waals surface area contributed by atoms with Gasteiger partial charge in [0.1, 0.15) is 17.7 Å². The first-order chi connectivity index (χ1) is 10.8. The lowest BCUT2D eigenvalue weighted by atomic mass is 10.2. The molecule has 0 fully saturated rings. The average Bonchev–Trinajstić information content (AvgIpc) is 3.18. The summed E-state index contributed by atoms with van der Waals surface area (Å²) in [7, 11) is 0. The van der Waals surface area contributed by atoms with Gasteiger partial charge in [-0.1, -0.05) is 5.16 Å². The highest BCUT2D eigenvalue weighted by molar-refractivity contribution is 5.86. The van der Waals surface area contributed by atoms with Crippen molar-refractivity contribution < 1.29 is 18.5 Å². The van der Waals surface area contributed by atoms with E-state index in [4.69, 9.17) is 13.7 Å². The maximum absolute atomic E-state index is 11.5. The van der Waals surface area contributed by atoms with Crippen molar-refractivity contribution in [2.45, 2.75) is 13.3 Å². The summed E-state index contributed by atoms with van der Waals surface area (Å²) in [6, 6.07) is 5.47. The molecular formula is C15H13N3O4. The second-order valence-corrected chi connectivity index (χ2v) is 4.44. The van der Waals surface area contributed by atoms with Gasteiger partial charge in [-0.3, -0.25) is 4.98 Å². The molecule has 0 aliphatic rings. The minimum atomic E-state index is -0.507. The predicted octanol–water partition coefficient (Wildman–Crippen LogP) is 2.49. The van der Waals surface area contributed by atoms with Crippen LogP contribution in [0.5, 0.6) is 0 Å². The standard InChI is InChI=1S/C15H13N3O4/c1-2-20-15(19)13-9-21-14(17-13)8-11-7-12(18-22-11)10-3-5-16-6-4-10/h3-7,9H,2,8H2,1H3. The Bertz CT molecular complexity index is 764. The summed E-state index contributed by atoms with van der Waals surface area (Å²) >= 11 is 0. The average molecular weight is 299 g/mol. The summed E-state index contributed by atoms with van der Waals surface area (Å²) in [5.41, 5.74) is 1.75. The van der Waals surface area contributed by atoms with Crippen LogP contribution in [0.1, 0.15) is 29.1 Å². The lowest BCUT2D eigenvalue weighted by Gasteiger charge is -1.94. The number of oxazole rings is 1. The fraction of sp³-hybridized carbons (Fsp3) is 0.200. The molecule has 0 spiro atoms. The molecule has 3 heterocycles. The van der Waals surface area contributed by atoms with Crippen LogP contribution in [0, 0.1) is 0 Å². The Balaban J connectivity index is 1.72. The topological polar surface area (TPSA) is 91.2 Å². The van der Waals surface area contributed by atoms with E-state index >= 15 is 0 Å². The first-order valence-electron chi connectivity index (χ1n) is 6.73. The van der Waals surface area contributed by atoms with Gasteiger partial charge in [0.05, 0.1) is 13.0 Å². The number of pyridine rings is 1. The van der Waals surface area contributed by atoms with Crippen molar-refractivity contribution in [3.63, 3.8) is 0 Å². The number of nitrogens with zero attached hydrogens (tertiary/aromatic N) is 3. The van der Waals surface area contributed by atoms with Gasteiger partial charge >= 0.3 is 5.97 Å². The molecule has 0 aliphatic carbocycles. The monoisotopic (exact) mass is 299 g/mol. The van der Waals surface area contributed by atoms with E-state index < -0.39 is 5.97 Å². The molecular weight excluding hydrogens is 286 g/mol. The molecule has 3 aromatic rings. The molecule has 0 aliphatic heterocycles. The van der Waals surface area contributed by atoms with Crippen LogP contribution in [0.2, 0.25) is 0 Å². The second-order valence-electron chi connectivity index (χ2n) is 4.44. The summed E-state index contributed by atoms with van der Waals surface area (Å²) in [5, 5.41) is 3.99. The predicted molar refractivity (Wildman–Crippen MR) is 75.0 cm³/mol. The van der Waals surface area contributed by atoms with Gasteiger partial charge in [-0.05, 0) is 19.1 Å². The molecule has 0 amide bonds. The number of hydrogen-bond acceptors (Lipinski definition) is 7. The highest BCUT2D eigenvalue weighted by atomic mass is 16.5. The SMILES string of the molecule is CCOC(=O)c1coc(Cc2cc(-c3ccncc3)no2)n1. The maximum atomic E-state index is 11.5. The van der Waals surface area contributed by atoms with Gasteiger partial charge in [0.25, 0.3) is 0 Å². The minimum Gasteiger partial charge on any atom is -0.461 e. The Kier molecular flexibility index (Phi) is 3.95. The third-order valence-electron chi connectivity index (χ3n) is 2.90. The number of rotatable bonds is 5. The first kappa shape index (κ1) is 14.0. The Labute approximate surface area is 125 Å². The molecule has 0 N–H and O–H groups in total. The molecule has 3 rings (SSSR count). The zero-order chi connectivity index (χ0) is 15.4. The summed E-state index contributed by atoms with van der Waals surface area (Å²) in [4.78, 5) is 19.5. The van der Waals surface area contributed by atoms with Gasteiger partial charge in [-0.25, -0.2) is 9.78 Å². The second kappa shape index (κ2) is 6.21. The van der Waals surface area contributed by atoms with E-state index in [0.717, 1.165) is 5.56 Å². The number of hydrogen-bond donors (Lipinski definition) is 0. The Hall–Kier alpha value is -2.96. The Morgan fingerprint density at radius 1 is 1.32 bits per heavy atom. The number of carbonyl (C=O) groups excluding carboxylic acids is 1. The van der Waals surface area contributed by atoms with Crippen molar-refractivity contribution >= 4 is 5.97 Å². The third-order valence-corrected chi connectivity index (χ3v) is 2.90. The summed E-state index contributed by atoms with van der Waals surface area (Å²) in [5.74, 6) is 0.442. The smallest absolute Gasteiger partial charge is 0.360 e. The van der Waals surface area contributed by atoms with Crippen LogP contribution in [0.15, 0.2) is 45.8 Å². The molecule has 7 nitrogen and oxygen atoms in total. The van der Waals surface area contributed by atoms with E-state index in [-0.39, 0.29) is 5.69 Å². The zero-order valence-electron chi connectivity index (χ0n) is 11.9. The van der Waals surface area contributed by atoms with Crippen molar-refractivity contribution in [2.75, 3.05) is 6.61 Å². The van der Waals surface area contributed by atoms with Crippen molar-refractivity contribution in [1.82, 2.24) is 15.1 Å². The van der Waals surface area contributed by atoms with Gasteiger partial charge in [0.15, 0.2) is 5.69 Å². The summed E-state index contributed by atoms with van der Waals surface area (Å²) in [6.07, 6.45) is 4.94. The van der Waals surface area contributed by atoms with Crippen molar-refractivity contribution in [3.05, 3.63) is 54.2 Å². The van der Waals surface area contributed by atoms with Gasteiger partial charge < -0.3 is 13.7 Å². The van der Waals surface area contributed by atoms with E-state index in [1.807, 2.05) is 12.1 Å². The number of aromatic nitrogens is 3. The fourth-order valence-electron chi connectivity index (χ4n) is 1.89. The van der Waals surface area contributed by atoms with Crippen molar-refractivity contribution in [1.29, 1.82) is 0 Å². The molecule has 0 unspecified atom stereocenters. The fourth-order valence-corrected chi connectivity index (χ4v) is 1.89. The summed E-state index contributed by atoms with van der Waals surface area (Å²) in [6.45, 7) is 2.02. The summed E-state index contributed by atoms with van der Waals surface area (Å²) < 4.78 is 15.3. The number of esters is 1. The van der Waals surface area contributed by atoms with Crippen LogP contribution in [-0.4, -0.2) is 27.7 Å². The van der Waals surface area contributed by atoms with Crippen LogP contribution in [0.25, 0.3) is 11.3 Å². The lowest BCUT2D eigenvalue weighted by Crippen LogP contribution is -2.05. The van der Waals surface area contributed by atoms with E-state index in [2.05, 4.69) is 15.1 Å². The quantitative estimate of drug-likeness (QED) is 0.668. The first-order valence-corrected chi connectivity index (χ1v) is 6.73. The van der Waals surface area contributed by atoms with E-state index in [1.165, 1.54) is 6.26 Å². The Morgan fingerprint density at radius 2 is 2.14 bits per heavy atom. The van der Waals surface area contributed by atoms with E-state index in [1.54, 1.807) is 25.4 Å². The Morgan fingerprint density at radius 3 is 2.91 bits per heavy atom. The molecule has 22 heavy (non-hydrogen) atoms. The molecule has 3 aromatic heterocycles. The third kappa shape index (κ3) is 3.03. The molecule has 7 heteroatoms. The molecule has 0 saturated carbocycles. The van der Waals surface area contributed by atoms with Crippen LogP contribution in [0.4, 0.5) is 0 Å². The maximum Gasteiger partial charge on any atom is 0.360 e. The zero-order valence-corrected chi connectivity index (χ0v) is 11.9. The molecule has 0 atom stereocenters. The van der Waals surface area contributed by atoms with Crippen LogP contribution >= 0.6 is 0 Å². The van der Waals surface area contributed by atoms with Crippen LogP contribution in [-0.2, 0) is 11.2 Å². The molecule has 0 bridgehead atoms. The van der Waals surface area contributed by atoms with Gasteiger partial charge in [-0.2, -0.15) is 0 Å². The molecule has 0 radical (unpaired) electrons. The molecule has 0 saturated heterocycles. The van der Waals surface area contributed by atoms with Crippen molar-refractivity contribution in [2.24, 2.45) is 0 Å². The van der Waals surface area contributed by atoms with Gasteiger partial charge in [0.2, 0.25) is 5.89 Å². The van der Waals surface area contributed by atoms with E-state index in [0.29, 0.717) is 30.4 Å². The van der Waals surface area contributed by atoms with Gasteiger partial charge in [0, 0.05) is 24.0 Å². The number of ether oxygens (including phenoxy) is 1. The minimum absolute atomic E-state index is 0.144. The normalized spacial score (nSPS) is 10.6. The number of carbonyl (C=O) groups is 1. The lowest BCUT2D eigenvalue weighted by molar-refractivity contribution is 0.0519. The molecule has 0 aromatic carbocycles. The van der Waals surface area contributed by atoms with Crippen LogP contribution in [0.3, 0.4) is 0 Å². The highest BCUT2D eigenvalue weighted by Crippen LogP contribution is 2.19. The van der Waals surface area contributed by atoms with Crippen LogP contribution < -0.4 is 0 Å². The highest BCUT2D eigenvalue weighted by Gasteiger charge is 2.15. The molecule has 112 valence electrons. The van der Waals surface area contributed by atoms with Gasteiger partial charge in [-0.15, -0.1) is 0 Å². The van der Waals surface area contributed by atoms with E-state index in [9.17, 15) is 4.79 Å². The largest absolute Gasteiger partial charge is 0.461 e. The van der Waals surface area contributed by atoms with Crippen molar-refractivity contribution in [3.8, 4) is 11.3 Å².